The summed E-state index contributed by atoms with van der Waals surface area (Å²) in [6.07, 6.45) is 8.31. The normalized spacial score (nSPS) is 30.6. The molecule has 3 aromatic rings. The molecule has 2 heterocycles. The minimum Gasteiger partial charge on any atom is -0.352 e. The first-order valence-corrected chi connectivity index (χ1v) is 12.4. The van der Waals surface area contributed by atoms with Gasteiger partial charge in [-0.1, -0.05) is 24.3 Å². The number of nitrogens with zero attached hydrogens (tertiary/aromatic N) is 1. The lowest BCUT2D eigenvalue weighted by molar-refractivity contribution is -0.126. The average Bonchev–Trinajstić information content (AvgIpc) is 3.35. The summed E-state index contributed by atoms with van der Waals surface area (Å²) in [4.78, 5) is 14.5. The molecule has 1 amide bonds. The van der Waals surface area contributed by atoms with Crippen LogP contribution in [0.2, 0.25) is 0 Å². The first-order chi connectivity index (χ1) is 14.6. The summed E-state index contributed by atoms with van der Waals surface area (Å²) in [5.41, 5.74) is 2.63. The van der Waals surface area contributed by atoms with Crippen molar-refractivity contribution in [2.45, 2.75) is 58.0 Å². The number of rotatable bonds is 5. The molecule has 0 spiro atoms. The van der Waals surface area contributed by atoms with Crippen LogP contribution in [-0.4, -0.2) is 16.5 Å². The van der Waals surface area contributed by atoms with Crippen molar-refractivity contribution in [2.75, 3.05) is 0 Å². The van der Waals surface area contributed by atoms with E-state index >= 15 is 0 Å². The maximum atomic E-state index is 13.3. The molecule has 2 aromatic heterocycles. The first-order valence-electron chi connectivity index (χ1n) is 11.5. The number of hydrogen-bond donors (Lipinski definition) is 1. The first kappa shape index (κ1) is 18.7. The van der Waals surface area contributed by atoms with Crippen LogP contribution in [0.3, 0.4) is 0 Å². The van der Waals surface area contributed by atoms with Crippen LogP contribution in [0.1, 0.15) is 45.4 Å². The number of thiophene rings is 1. The molecule has 4 bridgehead atoms. The third-order valence-corrected chi connectivity index (χ3v) is 9.16. The van der Waals surface area contributed by atoms with Gasteiger partial charge in [0.25, 0.3) is 0 Å². The number of fused-ring (bicyclic) bond motifs is 1. The van der Waals surface area contributed by atoms with Crippen LogP contribution in [0.15, 0.2) is 47.8 Å². The lowest BCUT2D eigenvalue weighted by Gasteiger charge is -2.59. The third-order valence-electron chi connectivity index (χ3n) is 8.27. The van der Waals surface area contributed by atoms with E-state index in [1.165, 1.54) is 48.8 Å². The van der Waals surface area contributed by atoms with Crippen LogP contribution in [-0.2, 0) is 11.3 Å². The molecule has 0 saturated heterocycles. The Hall–Kier alpha value is -2.07. The Bertz CT molecular complexity index is 1040. The standard InChI is InChI=1S/C26H30N2OS/c1-17(26-13-18-9-19(14-26)11-20(10-18)15-26)27-25(29)16-28-22-6-3-2-5-21(22)12-23(28)24-7-4-8-30-24/h2-8,12,17-20H,9-11,13-16H2,1H3,(H,27,29)/t17-,18?,19?,20?,26?/m1/s1. The molecule has 7 rings (SSSR count). The second-order valence-electron chi connectivity index (χ2n) is 10.2. The zero-order valence-electron chi connectivity index (χ0n) is 17.6. The van der Waals surface area contributed by atoms with E-state index in [0.717, 1.165) is 29.0 Å². The number of carbonyl (C=O) groups excluding carboxylic acids is 1. The van der Waals surface area contributed by atoms with Crippen LogP contribution < -0.4 is 5.32 Å². The highest BCUT2D eigenvalue weighted by Gasteiger charge is 2.53. The smallest absolute Gasteiger partial charge is 0.240 e. The number of nitrogens with one attached hydrogen (secondary N) is 1. The summed E-state index contributed by atoms with van der Waals surface area (Å²) in [6, 6.07) is 15.1. The molecule has 3 nitrogen and oxygen atoms in total. The SMILES string of the molecule is C[C@@H](NC(=O)Cn1c(-c2cccs2)cc2ccccc21)C12CC3CC(CC(C3)C1)C2. The van der Waals surface area contributed by atoms with Gasteiger partial charge in [-0.15, -0.1) is 11.3 Å². The zero-order valence-corrected chi connectivity index (χ0v) is 18.5. The summed E-state index contributed by atoms with van der Waals surface area (Å²) in [5, 5.41) is 6.76. The molecule has 30 heavy (non-hydrogen) atoms. The molecule has 156 valence electrons. The molecule has 0 aliphatic heterocycles. The van der Waals surface area contributed by atoms with Crippen molar-refractivity contribution in [2.24, 2.45) is 23.2 Å². The Morgan fingerprint density at radius 3 is 2.47 bits per heavy atom. The summed E-state index contributed by atoms with van der Waals surface area (Å²) in [5.74, 6) is 2.88. The minimum atomic E-state index is 0.150. The quantitative estimate of drug-likeness (QED) is 0.534. The molecular formula is C26H30N2OS. The maximum absolute atomic E-state index is 13.3. The summed E-state index contributed by atoms with van der Waals surface area (Å²) >= 11 is 1.73. The Morgan fingerprint density at radius 2 is 1.80 bits per heavy atom. The van der Waals surface area contributed by atoms with Gasteiger partial charge in [0.05, 0.1) is 10.6 Å². The second kappa shape index (κ2) is 6.98. The van der Waals surface area contributed by atoms with Crippen molar-refractivity contribution in [3.8, 4) is 10.6 Å². The van der Waals surface area contributed by atoms with E-state index in [2.05, 4.69) is 64.7 Å². The van der Waals surface area contributed by atoms with E-state index in [1.54, 1.807) is 11.3 Å². The van der Waals surface area contributed by atoms with Gasteiger partial charge in [-0.3, -0.25) is 4.79 Å². The van der Waals surface area contributed by atoms with Crippen LogP contribution in [0.4, 0.5) is 0 Å². The van der Waals surface area contributed by atoms with Crippen molar-refractivity contribution in [3.05, 3.63) is 47.8 Å². The largest absolute Gasteiger partial charge is 0.352 e. The van der Waals surface area contributed by atoms with E-state index in [9.17, 15) is 4.79 Å². The van der Waals surface area contributed by atoms with Crippen molar-refractivity contribution in [1.29, 1.82) is 0 Å². The fraction of sp³-hybridized carbons (Fsp3) is 0.500. The van der Waals surface area contributed by atoms with Gasteiger partial charge in [-0.2, -0.15) is 0 Å². The highest BCUT2D eigenvalue weighted by atomic mass is 32.1. The Labute approximate surface area is 182 Å². The molecule has 4 aliphatic rings. The van der Waals surface area contributed by atoms with Gasteiger partial charge < -0.3 is 9.88 Å². The number of para-hydroxylation sites is 1. The van der Waals surface area contributed by atoms with Crippen molar-refractivity contribution >= 4 is 28.1 Å². The Kier molecular flexibility index (Phi) is 4.35. The third kappa shape index (κ3) is 3.03. The van der Waals surface area contributed by atoms with Crippen LogP contribution in [0.5, 0.6) is 0 Å². The Morgan fingerprint density at radius 1 is 1.10 bits per heavy atom. The van der Waals surface area contributed by atoms with Gasteiger partial charge in [-0.05, 0) is 92.2 Å². The van der Waals surface area contributed by atoms with Gasteiger partial charge in [0, 0.05) is 16.9 Å². The lowest BCUT2D eigenvalue weighted by atomic mass is 9.48. The van der Waals surface area contributed by atoms with Gasteiger partial charge >= 0.3 is 0 Å². The highest BCUT2D eigenvalue weighted by molar-refractivity contribution is 7.13. The van der Waals surface area contributed by atoms with Crippen LogP contribution in [0.25, 0.3) is 21.5 Å². The molecular weight excluding hydrogens is 388 g/mol. The fourth-order valence-electron chi connectivity index (χ4n) is 7.30. The zero-order chi connectivity index (χ0) is 20.3. The van der Waals surface area contributed by atoms with Crippen molar-refractivity contribution < 1.29 is 4.79 Å². The monoisotopic (exact) mass is 418 g/mol. The average molecular weight is 419 g/mol. The summed E-state index contributed by atoms with van der Waals surface area (Å²) in [7, 11) is 0. The molecule has 4 fully saturated rings. The Balaban J connectivity index is 1.25. The van der Waals surface area contributed by atoms with Crippen molar-refractivity contribution in [1.82, 2.24) is 9.88 Å². The topological polar surface area (TPSA) is 34.0 Å². The van der Waals surface area contributed by atoms with E-state index < -0.39 is 0 Å². The molecule has 1 N–H and O–H groups in total. The van der Waals surface area contributed by atoms with E-state index in [-0.39, 0.29) is 11.9 Å². The molecule has 1 atom stereocenters. The van der Waals surface area contributed by atoms with Crippen LogP contribution in [0, 0.1) is 23.2 Å². The van der Waals surface area contributed by atoms with Gasteiger partial charge in [-0.25, -0.2) is 0 Å². The van der Waals surface area contributed by atoms with Gasteiger partial charge in [0.15, 0.2) is 0 Å². The molecule has 4 heteroatoms. The number of amides is 1. The predicted octanol–water partition coefficient (Wildman–Crippen LogP) is 6.09. The van der Waals surface area contributed by atoms with Gasteiger partial charge in [0.1, 0.15) is 6.54 Å². The molecule has 4 saturated carbocycles. The molecule has 0 unspecified atom stereocenters. The summed E-state index contributed by atoms with van der Waals surface area (Å²) < 4.78 is 2.20. The van der Waals surface area contributed by atoms with E-state index in [1.807, 2.05) is 0 Å². The maximum Gasteiger partial charge on any atom is 0.240 e. The van der Waals surface area contributed by atoms with E-state index in [4.69, 9.17) is 0 Å². The summed E-state index contributed by atoms with van der Waals surface area (Å²) in [6.45, 7) is 2.66. The number of benzene rings is 1. The second-order valence-corrected chi connectivity index (χ2v) is 11.2. The molecule has 1 aromatic carbocycles. The van der Waals surface area contributed by atoms with Crippen molar-refractivity contribution in [3.63, 3.8) is 0 Å². The van der Waals surface area contributed by atoms with E-state index in [0.29, 0.717) is 12.0 Å². The number of hydrogen-bond acceptors (Lipinski definition) is 2. The highest BCUT2D eigenvalue weighted by Crippen LogP contribution is 2.61. The number of carbonyl (C=O) groups is 1. The molecule has 4 aliphatic carbocycles. The number of aromatic nitrogens is 1. The van der Waals surface area contributed by atoms with Gasteiger partial charge in [0.2, 0.25) is 5.91 Å². The lowest BCUT2D eigenvalue weighted by Crippen LogP contribution is -2.56. The fourth-order valence-corrected chi connectivity index (χ4v) is 8.05. The van der Waals surface area contributed by atoms with Crippen LogP contribution >= 0.6 is 11.3 Å². The minimum absolute atomic E-state index is 0.150. The molecule has 0 radical (unpaired) electrons. The predicted molar refractivity (Wildman–Crippen MR) is 123 cm³/mol.